The monoisotopic (exact) mass is 269 g/mol. The van der Waals surface area contributed by atoms with Crippen LogP contribution in [0, 0.1) is 0 Å². The van der Waals surface area contributed by atoms with Crippen molar-refractivity contribution in [1.29, 1.82) is 0 Å². The second-order valence-corrected chi connectivity index (χ2v) is 4.88. The van der Waals surface area contributed by atoms with Crippen LogP contribution in [0.15, 0.2) is 36.5 Å². The molecule has 1 aromatic carbocycles. The number of pyridine rings is 1. The first-order chi connectivity index (χ1) is 8.29. The van der Waals surface area contributed by atoms with E-state index in [1.165, 1.54) is 0 Å². The van der Waals surface area contributed by atoms with Gasteiger partial charge in [0.2, 0.25) is 0 Å². The first-order valence-corrected chi connectivity index (χ1v) is 6.63. The molecule has 6 nitrogen and oxygen atoms in total. The Balaban J connectivity index is 0.000000280. The average molecular weight is 269 g/mol. The predicted octanol–water partition coefficient (Wildman–Crippen LogP) is 1.44. The van der Waals surface area contributed by atoms with Gasteiger partial charge in [0.05, 0.1) is 17.3 Å². The second kappa shape index (κ2) is 5.56. The van der Waals surface area contributed by atoms with E-state index in [0.29, 0.717) is 11.8 Å². The SMILES string of the molecule is CS(=O)(=O)O.O=C(O)c1cccc2cccnc12. The molecular formula is C11H11NO5S. The molecule has 7 heteroatoms. The fraction of sp³-hybridized carbons (Fsp3) is 0.0909. The van der Waals surface area contributed by atoms with Crippen molar-refractivity contribution < 1.29 is 22.9 Å². The van der Waals surface area contributed by atoms with Crippen LogP contribution in [0.4, 0.5) is 0 Å². The normalized spacial score (nSPS) is 10.6. The lowest BCUT2D eigenvalue weighted by molar-refractivity contribution is 0.0699. The third-order valence-corrected chi connectivity index (χ3v) is 1.86. The van der Waals surface area contributed by atoms with Gasteiger partial charge in [0, 0.05) is 11.6 Å². The van der Waals surface area contributed by atoms with E-state index in [4.69, 9.17) is 9.66 Å². The fourth-order valence-electron chi connectivity index (χ4n) is 1.28. The van der Waals surface area contributed by atoms with Crippen LogP contribution in [-0.4, -0.2) is 35.3 Å². The fourth-order valence-corrected chi connectivity index (χ4v) is 1.28. The molecule has 2 aromatic rings. The van der Waals surface area contributed by atoms with Gasteiger partial charge in [-0.1, -0.05) is 18.2 Å². The van der Waals surface area contributed by atoms with E-state index in [1.54, 1.807) is 24.4 Å². The van der Waals surface area contributed by atoms with Crippen molar-refractivity contribution in [1.82, 2.24) is 4.98 Å². The molecule has 0 aliphatic rings. The highest BCUT2D eigenvalue weighted by Gasteiger charge is 2.07. The highest BCUT2D eigenvalue weighted by molar-refractivity contribution is 7.85. The number of aromatic carboxylic acids is 1. The van der Waals surface area contributed by atoms with Gasteiger partial charge in [-0.2, -0.15) is 8.42 Å². The molecule has 0 unspecified atom stereocenters. The van der Waals surface area contributed by atoms with Crippen LogP contribution < -0.4 is 0 Å². The summed E-state index contributed by atoms with van der Waals surface area (Å²) in [6.07, 6.45) is 2.31. The molecule has 0 spiro atoms. The van der Waals surface area contributed by atoms with E-state index in [2.05, 4.69) is 4.98 Å². The van der Waals surface area contributed by atoms with Gasteiger partial charge in [-0.05, 0) is 12.1 Å². The zero-order valence-corrected chi connectivity index (χ0v) is 10.3. The molecule has 2 N–H and O–H groups in total. The van der Waals surface area contributed by atoms with Gasteiger partial charge in [-0.3, -0.25) is 9.54 Å². The number of rotatable bonds is 1. The molecule has 18 heavy (non-hydrogen) atoms. The van der Waals surface area contributed by atoms with Crippen LogP contribution in [0.25, 0.3) is 10.9 Å². The van der Waals surface area contributed by atoms with E-state index >= 15 is 0 Å². The molecule has 0 saturated carbocycles. The smallest absolute Gasteiger partial charge is 0.337 e. The summed E-state index contributed by atoms with van der Waals surface area (Å²) in [5.41, 5.74) is 0.788. The Kier molecular flexibility index (Phi) is 4.35. The highest BCUT2D eigenvalue weighted by Crippen LogP contribution is 2.15. The summed E-state index contributed by atoms with van der Waals surface area (Å²) in [6, 6.07) is 8.74. The minimum absolute atomic E-state index is 0.248. The van der Waals surface area contributed by atoms with Crippen molar-refractivity contribution in [3.63, 3.8) is 0 Å². The average Bonchev–Trinajstić information content (AvgIpc) is 2.26. The van der Waals surface area contributed by atoms with Gasteiger partial charge >= 0.3 is 5.97 Å². The van der Waals surface area contributed by atoms with E-state index in [-0.39, 0.29) is 5.56 Å². The summed E-state index contributed by atoms with van der Waals surface area (Å²) in [5.74, 6) is -0.940. The molecule has 0 amide bonds. The summed E-state index contributed by atoms with van der Waals surface area (Å²) in [6.45, 7) is 0. The summed E-state index contributed by atoms with van der Waals surface area (Å²) < 4.78 is 25.9. The molecule has 1 aromatic heterocycles. The molecule has 96 valence electrons. The molecule has 0 bridgehead atoms. The van der Waals surface area contributed by atoms with Gasteiger partial charge in [0.25, 0.3) is 10.1 Å². The number of para-hydroxylation sites is 1. The van der Waals surface area contributed by atoms with Crippen LogP contribution >= 0.6 is 0 Å². The zero-order chi connectivity index (χ0) is 13.8. The number of benzene rings is 1. The lowest BCUT2D eigenvalue weighted by Crippen LogP contribution is -1.97. The van der Waals surface area contributed by atoms with E-state index in [1.807, 2.05) is 12.1 Å². The van der Waals surface area contributed by atoms with Crippen LogP contribution in [0.2, 0.25) is 0 Å². The number of nitrogens with zero attached hydrogens (tertiary/aromatic N) is 1. The molecule has 2 rings (SSSR count). The molecule has 0 radical (unpaired) electrons. The van der Waals surface area contributed by atoms with E-state index in [9.17, 15) is 13.2 Å². The highest BCUT2D eigenvalue weighted by atomic mass is 32.2. The quantitative estimate of drug-likeness (QED) is 0.759. The van der Waals surface area contributed by atoms with Gasteiger partial charge in [-0.15, -0.1) is 0 Å². The van der Waals surface area contributed by atoms with Crippen molar-refractivity contribution >= 4 is 27.0 Å². The van der Waals surface area contributed by atoms with E-state index < -0.39 is 16.1 Å². The minimum Gasteiger partial charge on any atom is -0.478 e. The first kappa shape index (κ1) is 14.1. The Hall–Kier alpha value is -1.99. The zero-order valence-electron chi connectivity index (χ0n) is 9.44. The maximum Gasteiger partial charge on any atom is 0.337 e. The van der Waals surface area contributed by atoms with Crippen molar-refractivity contribution in [2.75, 3.05) is 6.26 Å². The Bertz CT molecular complexity index is 653. The molecular weight excluding hydrogens is 258 g/mol. The Morgan fingerprint density at radius 2 is 1.78 bits per heavy atom. The number of carboxylic acid groups (broad SMARTS) is 1. The first-order valence-electron chi connectivity index (χ1n) is 4.78. The molecule has 0 atom stereocenters. The molecule has 0 saturated heterocycles. The second-order valence-electron chi connectivity index (χ2n) is 3.42. The maximum atomic E-state index is 10.8. The van der Waals surface area contributed by atoms with Crippen molar-refractivity contribution in [2.24, 2.45) is 0 Å². The van der Waals surface area contributed by atoms with Crippen molar-refractivity contribution in [2.45, 2.75) is 0 Å². The number of carbonyl (C=O) groups is 1. The van der Waals surface area contributed by atoms with Crippen LogP contribution in [0.5, 0.6) is 0 Å². The summed E-state index contributed by atoms with van der Waals surface area (Å²) in [7, 11) is -3.67. The number of aromatic nitrogens is 1. The largest absolute Gasteiger partial charge is 0.478 e. The Morgan fingerprint density at radius 3 is 2.33 bits per heavy atom. The molecule has 0 aliphatic heterocycles. The lowest BCUT2D eigenvalue weighted by atomic mass is 10.1. The topological polar surface area (TPSA) is 105 Å². The van der Waals surface area contributed by atoms with E-state index in [0.717, 1.165) is 5.39 Å². The Labute approximate surface area is 104 Å². The predicted molar refractivity (Wildman–Crippen MR) is 66.2 cm³/mol. The number of fused-ring (bicyclic) bond motifs is 1. The Morgan fingerprint density at radius 1 is 1.22 bits per heavy atom. The molecule has 0 aliphatic carbocycles. The summed E-state index contributed by atoms with van der Waals surface area (Å²) in [4.78, 5) is 14.8. The van der Waals surface area contributed by atoms with Gasteiger partial charge in [0.1, 0.15) is 0 Å². The maximum absolute atomic E-state index is 10.8. The van der Waals surface area contributed by atoms with Crippen molar-refractivity contribution in [3.8, 4) is 0 Å². The van der Waals surface area contributed by atoms with Crippen LogP contribution in [-0.2, 0) is 10.1 Å². The third kappa shape index (κ3) is 4.48. The third-order valence-electron chi connectivity index (χ3n) is 1.86. The molecule has 0 fully saturated rings. The van der Waals surface area contributed by atoms with Gasteiger partial charge in [0.15, 0.2) is 0 Å². The van der Waals surface area contributed by atoms with Gasteiger partial charge in [-0.25, -0.2) is 4.79 Å². The van der Waals surface area contributed by atoms with Gasteiger partial charge < -0.3 is 5.11 Å². The van der Waals surface area contributed by atoms with Crippen molar-refractivity contribution in [3.05, 3.63) is 42.1 Å². The summed E-state index contributed by atoms with van der Waals surface area (Å²) in [5, 5.41) is 9.69. The number of hydrogen-bond donors (Lipinski definition) is 2. The van der Waals surface area contributed by atoms with Crippen LogP contribution in [0.3, 0.4) is 0 Å². The summed E-state index contributed by atoms with van der Waals surface area (Å²) >= 11 is 0. The standard InChI is InChI=1S/C10H7NO2.CH4O3S/c12-10(13)8-5-1-3-7-4-2-6-11-9(7)8;1-5(2,3)4/h1-6H,(H,12,13);1H3,(H,2,3,4). The molecule has 1 heterocycles. The number of hydrogen-bond acceptors (Lipinski definition) is 4. The number of carboxylic acids is 1. The van der Waals surface area contributed by atoms with Crippen LogP contribution in [0.1, 0.15) is 10.4 Å². The minimum atomic E-state index is -3.67. The lowest BCUT2D eigenvalue weighted by Gasteiger charge is -1.99.